The van der Waals surface area contributed by atoms with Crippen molar-refractivity contribution in [1.82, 2.24) is 14.6 Å². The minimum absolute atomic E-state index is 0.101. The van der Waals surface area contributed by atoms with E-state index in [1.54, 1.807) is 24.3 Å². The van der Waals surface area contributed by atoms with Crippen LogP contribution in [0.4, 0.5) is 4.39 Å². The standard InChI is InChI=1S/C23H27ClFN3O6S2/c1-16(7-12-35(3,30)31)27-22(29)23(25)8-10-28(11-9-23)36(32,33)20-15-26-21(24)14-19(20)17-5-4-6-18(13-17)34-2/h4-7,12-16H,8-11H2,1-3H3,(H,27,29). The molecule has 36 heavy (non-hydrogen) atoms. The molecule has 1 aliphatic heterocycles. The number of pyridine rings is 1. The summed E-state index contributed by atoms with van der Waals surface area (Å²) < 4.78 is 71.3. The fourth-order valence-electron chi connectivity index (χ4n) is 3.73. The number of carbonyl (C=O) groups is 1. The predicted molar refractivity (Wildman–Crippen MR) is 135 cm³/mol. The van der Waals surface area contributed by atoms with Crippen molar-refractivity contribution < 1.29 is 30.8 Å². The molecule has 1 amide bonds. The molecule has 1 aliphatic rings. The van der Waals surface area contributed by atoms with E-state index in [1.807, 2.05) is 0 Å². The smallest absolute Gasteiger partial charge is 0.258 e. The Labute approximate surface area is 215 Å². The van der Waals surface area contributed by atoms with Gasteiger partial charge in [-0.3, -0.25) is 4.79 Å². The zero-order chi connectivity index (χ0) is 26.7. The molecule has 0 spiro atoms. The predicted octanol–water partition coefficient (Wildman–Crippen LogP) is 2.97. The van der Waals surface area contributed by atoms with Crippen LogP contribution >= 0.6 is 11.6 Å². The molecule has 0 saturated carbocycles. The lowest BCUT2D eigenvalue weighted by molar-refractivity contribution is -0.135. The normalized spacial score (nSPS) is 17.6. The minimum Gasteiger partial charge on any atom is -0.497 e. The second kappa shape index (κ2) is 10.8. The molecule has 1 atom stereocenters. The average molecular weight is 560 g/mol. The van der Waals surface area contributed by atoms with Gasteiger partial charge in [0.05, 0.1) is 7.11 Å². The van der Waals surface area contributed by atoms with E-state index in [9.17, 15) is 21.6 Å². The van der Waals surface area contributed by atoms with Crippen LogP contribution in [0.3, 0.4) is 0 Å². The number of hydrogen-bond acceptors (Lipinski definition) is 7. The van der Waals surface area contributed by atoms with Crippen molar-refractivity contribution in [2.75, 3.05) is 26.5 Å². The van der Waals surface area contributed by atoms with Gasteiger partial charge in [0.1, 0.15) is 15.8 Å². The molecule has 1 unspecified atom stereocenters. The molecule has 0 aliphatic carbocycles. The van der Waals surface area contributed by atoms with Crippen LogP contribution in [0.5, 0.6) is 5.75 Å². The fraction of sp³-hybridized carbons (Fsp3) is 0.391. The minimum atomic E-state index is -4.11. The van der Waals surface area contributed by atoms with E-state index < -0.39 is 37.5 Å². The summed E-state index contributed by atoms with van der Waals surface area (Å²) in [6.45, 7) is 1.04. The Morgan fingerprint density at radius 1 is 1.25 bits per heavy atom. The number of ether oxygens (including phenoxy) is 1. The summed E-state index contributed by atoms with van der Waals surface area (Å²) in [4.78, 5) is 16.4. The summed E-state index contributed by atoms with van der Waals surface area (Å²) in [6, 6.07) is 7.51. The molecule has 1 fully saturated rings. The summed E-state index contributed by atoms with van der Waals surface area (Å²) in [5.74, 6) is -0.397. The van der Waals surface area contributed by atoms with Crippen LogP contribution in [0.1, 0.15) is 19.8 Å². The van der Waals surface area contributed by atoms with Crippen LogP contribution in [0.25, 0.3) is 11.1 Å². The van der Waals surface area contributed by atoms with Gasteiger partial charge in [0.2, 0.25) is 10.0 Å². The maximum atomic E-state index is 15.4. The number of amides is 1. The Bertz CT molecular complexity index is 1370. The first-order valence-corrected chi connectivity index (χ1v) is 14.7. The maximum absolute atomic E-state index is 15.4. The third-order valence-corrected chi connectivity index (χ3v) is 8.51. The molecule has 1 saturated heterocycles. The van der Waals surface area contributed by atoms with E-state index in [2.05, 4.69) is 10.3 Å². The van der Waals surface area contributed by atoms with Crippen molar-refractivity contribution in [3.05, 3.63) is 53.2 Å². The SMILES string of the molecule is COc1cccc(-c2cc(Cl)ncc2S(=O)(=O)N2CCC(F)(C(=O)NC(C)C=CS(C)(=O)=O)CC2)c1. The van der Waals surface area contributed by atoms with Gasteiger partial charge in [-0.1, -0.05) is 29.8 Å². The van der Waals surface area contributed by atoms with Gasteiger partial charge in [0.15, 0.2) is 15.5 Å². The number of hydrogen-bond donors (Lipinski definition) is 1. The number of sulfone groups is 1. The Kier molecular flexibility index (Phi) is 8.44. The van der Waals surface area contributed by atoms with Crippen molar-refractivity contribution in [1.29, 1.82) is 0 Å². The van der Waals surface area contributed by atoms with Crippen LogP contribution < -0.4 is 10.1 Å². The van der Waals surface area contributed by atoms with Crippen molar-refractivity contribution in [3.63, 3.8) is 0 Å². The Balaban J connectivity index is 1.80. The number of sulfonamides is 1. The van der Waals surface area contributed by atoms with Crippen molar-refractivity contribution in [2.45, 2.75) is 36.4 Å². The fourth-order valence-corrected chi connectivity index (χ4v) is 5.99. The monoisotopic (exact) mass is 559 g/mol. The lowest BCUT2D eigenvalue weighted by atomic mass is 9.93. The van der Waals surface area contributed by atoms with Crippen LogP contribution in [-0.2, 0) is 24.7 Å². The molecule has 0 bridgehead atoms. The van der Waals surface area contributed by atoms with Gasteiger partial charge in [-0.15, -0.1) is 0 Å². The third kappa shape index (κ3) is 6.61. The largest absolute Gasteiger partial charge is 0.497 e. The molecule has 0 radical (unpaired) electrons. The zero-order valence-corrected chi connectivity index (χ0v) is 22.3. The molecule has 3 rings (SSSR count). The highest BCUT2D eigenvalue weighted by Crippen LogP contribution is 2.35. The Hall–Kier alpha value is -2.54. The molecular formula is C23H27ClFN3O6S2. The first-order chi connectivity index (χ1) is 16.7. The van der Waals surface area contributed by atoms with E-state index in [0.29, 0.717) is 16.9 Å². The third-order valence-electron chi connectivity index (χ3n) is 5.73. The van der Waals surface area contributed by atoms with Crippen LogP contribution in [0.2, 0.25) is 5.15 Å². The highest BCUT2D eigenvalue weighted by molar-refractivity contribution is 7.93. The summed E-state index contributed by atoms with van der Waals surface area (Å²) >= 11 is 6.05. The zero-order valence-electron chi connectivity index (χ0n) is 19.9. The lowest BCUT2D eigenvalue weighted by Gasteiger charge is -2.35. The molecule has 13 heteroatoms. The Morgan fingerprint density at radius 3 is 2.53 bits per heavy atom. The second-order valence-corrected chi connectivity index (χ2v) is 12.7. The topological polar surface area (TPSA) is 123 Å². The number of aromatic nitrogens is 1. The molecule has 1 aromatic heterocycles. The number of alkyl halides is 1. The number of carbonyl (C=O) groups excluding carboxylic acids is 1. The molecule has 1 aromatic carbocycles. The van der Waals surface area contributed by atoms with Crippen molar-refractivity contribution in [2.24, 2.45) is 0 Å². The van der Waals surface area contributed by atoms with E-state index >= 15 is 4.39 Å². The molecule has 2 heterocycles. The first-order valence-electron chi connectivity index (χ1n) is 10.9. The van der Waals surface area contributed by atoms with Crippen LogP contribution in [0, 0.1) is 0 Å². The summed E-state index contributed by atoms with van der Waals surface area (Å²) in [5, 5.41) is 3.46. The lowest BCUT2D eigenvalue weighted by Crippen LogP contribution is -2.53. The van der Waals surface area contributed by atoms with Crippen LogP contribution in [0.15, 0.2) is 52.9 Å². The van der Waals surface area contributed by atoms with E-state index in [-0.39, 0.29) is 36.0 Å². The quantitative estimate of drug-likeness (QED) is 0.493. The van der Waals surface area contributed by atoms with Gasteiger partial charge in [-0.05, 0) is 30.7 Å². The van der Waals surface area contributed by atoms with E-state index in [1.165, 1.54) is 26.2 Å². The van der Waals surface area contributed by atoms with Gasteiger partial charge in [-0.25, -0.2) is 26.2 Å². The highest BCUT2D eigenvalue weighted by Gasteiger charge is 2.45. The van der Waals surface area contributed by atoms with Crippen molar-refractivity contribution >= 4 is 37.4 Å². The van der Waals surface area contributed by atoms with Gasteiger partial charge in [0.25, 0.3) is 5.91 Å². The Morgan fingerprint density at radius 2 is 1.92 bits per heavy atom. The number of halogens is 2. The summed E-state index contributed by atoms with van der Waals surface area (Å²) in [6.07, 6.45) is 2.67. The molecule has 196 valence electrons. The number of rotatable bonds is 8. The summed E-state index contributed by atoms with van der Waals surface area (Å²) in [7, 11) is -6.01. The number of nitrogens with one attached hydrogen (secondary N) is 1. The number of piperidine rings is 1. The van der Waals surface area contributed by atoms with Crippen molar-refractivity contribution in [3.8, 4) is 16.9 Å². The number of methoxy groups -OCH3 is 1. The molecule has 1 N–H and O–H groups in total. The first kappa shape index (κ1) is 28.0. The molecule has 2 aromatic rings. The average Bonchev–Trinajstić information content (AvgIpc) is 2.82. The molecule has 9 nitrogen and oxygen atoms in total. The van der Waals surface area contributed by atoms with Gasteiger partial charge in [-0.2, -0.15) is 4.31 Å². The maximum Gasteiger partial charge on any atom is 0.258 e. The van der Waals surface area contributed by atoms with E-state index in [0.717, 1.165) is 22.2 Å². The van der Waals surface area contributed by atoms with Gasteiger partial charge < -0.3 is 10.1 Å². The number of benzene rings is 1. The van der Waals surface area contributed by atoms with Crippen LogP contribution in [-0.4, -0.2) is 70.2 Å². The number of nitrogens with zero attached hydrogens (tertiary/aromatic N) is 2. The molecular weight excluding hydrogens is 533 g/mol. The van der Waals surface area contributed by atoms with Gasteiger partial charge >= 0.3 is 0 Å². The second-order valence-electron chi connectivity index (χ2n) is 8.52. The van der Waals surface area contributed by atoms with E-state index in [4.69, 9.17) is 16.3 Å². The summed E-state index contributed by atoms with van der Waals surface area (Å²) in [5.41, 5.74) is -1.44. The highest BCUT2D eigenvalue weighted by atomic mass is 35.5. The van der Waals surface area contributed by atoms with Gasteiger partial charge in [0, 0.05) is 55.4 Å².